The fourth-order valence-corrected chi connectivity index (χ4v) is 2.30. The zero-order valence-corrected chi connectivity index (χ0v) is 13.0. The van der Waals surface area contributed by atoms with Crippen LogP contribution >= 0.6 is 12.2 Å². The molecule has 7 heteroatoms. The number of aryl methyl sites for hydroxylation is 1. The summed E-state index contributed by atoms with van der Waals surface area (Å²) in [6, 6.07) is 10.2. The third-order valence-electron chi connectivity index (χ3n) is 3.20. The molecule has 0 aliphatic carbocycles. The molecule has 0 spiro atoms. The van der Waals surface area contributed by atoms with E-state index in [0.717, 1.165) is 24.4 Å². The largest absolute Gasteiger partial charge is 0.268 e. The molecule has 2 aromatic heterocycles. The Kier molecular flexibility index (Phi) is 4.24. The number of hydrogen-bond acceptors (Lipinski definition) is 4. The number of nitrogens with one attached hydrogen (secondary N) is 1. The third kappa shape index (κ3) is 3.20. The molecule has 112 valence electrons. The number of nitrogens with zero attached hydrogens (tertiary/aromatic N) is 5. The molecular formula is C15H16N6S. The van der Waals surface area contributed by atoms with Gasteiger partial charge in [0, 0.05) is 18.2 Å². The first kappa shape index (κ1) is 14.4. The number of H-pyrrole nitrogens is 1. The van der Waals surface area contributed by atoms with E-state index in [1.807, 2.05) is 36.0 Å². The van der Waals surface area contributed by atoms with E-state index in [1.54, 1.807) is 17.1 Å². The lowest BCUT2D eigenvalue weighted by Crippen LogP contribution is -1.99. The number of hydrogen-bond donors (Lipinski definition) is 1. The fraction of sp³-hybridized carbons (Fsp3) is 0.200. The first-order valence-corrected chi connectivity index (χ1v) is 7.44. The van der Waals surface area contributed by atoms with Gasteiger partial charge in [0.15, 0.2) is 5.82 Å². The second kappa shape index (κ2) is 6.48. The molecule has 0 saturated heterocycles. The maximum atomic E-state index is 5.16. The van der Waals surface area contributed by atoms with Gasteiger partial charge in [-0.3, -0.25) is 9.78 Å². The van der Waals surface area contributed by atoms with E-state index in [4.69, 9.17) is 12.2 Å². The highest BCUT2D eigenvalue weighted by Crippen LogP contribution is 2.04. The van der Waals surface area contributed by atoms with Crippen LogP contribution in [0.4, 0.5) is 0 Å². The quantitative estimate of drug-likeness (QED) is 0.582. The maximum absolute atomic E-state index is 5.16. The van der Waals surface area contributed by atoms with Crippen molar-refractivity contribution in [3.63, 3.8) is 0 Å². The van der Waals surface area contributed by atoms with Gasteiger partial charge >= 0.3 is 0 Å². The van der Waals surface area contributed by atoms with Gasteiger partial charge in [-0.05, 0) is 17.8 Å². The Bertz CT molecular complexity index is 827. The van der Waals surface area contributed by atoms with Crippen molar-refractivity contribution in [2.45, 2.75) is 19.9 Å². The molecule has 3 aromatic rings. The highest BCUT2D eigenvalue weighted by Gasteiger charge is 2.02. The summed E-state index contributed by atoms with van der Waals surface area (Å²) in [5.41, 5.74) is 2.13. The van der Waals surface area contributed by atoms with Gasteiger partial charge in [0.1, 0.15) is 0 Å². The topological polar surface area (TPSA) is 63.8 Å². The van der Waals surface area contributed by atoms with Gasteiger partial charge in [-0.15, -0.1) is 0 Å². The molecular weight excluding hydrogens is 296 g/mol. The van der Waals surface area contributed by atoms with Gasteiger partial charge < -0.3 is 0 Å². The second-order valence-corrected chi connectivity index (χ2v) is 5.20. The molecule has 6 nitrogen and oxygen atoms in total. The van der Waals surface area contributed by atoms with Crippen molar-refractivity contribution < 1.29 is 0 Å². The summed E-state index contributed by atoms with van der Waals surface area (Å²) >= 11 is 5.16. The van der Waals surface area contributed by atoms with Crippen molar-refractivity contribution in [3.05, 3.63) is 64.4 Å². The lowest BCUT2D eigenvalue weighted by Gasteiger charge is -2.00. The van der Waals surface area contributed by atoms with Gasteiger partial charge in [-0.2, -0.15) is 20.0 Å². The van der Waals surface area contributed by atoms with Crippen molar-refractivity contribution in [2.24, 2.45) is 5.10 Å². The molecule has 22 heavy (non-hydrogen) atoms. The average molecular weight is 312 g/mol. The zero-order valence-electron chi connectivity index (χ0n) is 12.2. The van der Waals surface area contributed by atoms with Crippen LogP contribution in [0.2, 0.25) is 0 Å². The highest BCUT2D eigenvalue weighted by atomic mass is 32.1. The van der Waals surface area contributed by atoms with Gasteiger partial charge in [0.25, 0.3) is 0 Å². The minimum absolute atomic E-state index is 0.491. The van der Waals surface area contributed by atoms with Crippen molar-refractivity contribution >= 4 is 18.4 Å². The summed E-state index contributed by atoms with van der Waals surface area (Å²) in [5.74, 6) is 0.804. The summed E-state index contributed by atoms with van der Waals surface area (Å²) in [5, 5.41) is 15.6. The van der Waals surface area contributed by atoms with Gasteiger partial charge in [-0.25, -0.2) is 0 Å². The predicted molar refractivity (Wildman–Crippen MR) is 87.6 cm³/mol. The zero-order chi connectivity index (χ0) is 15.4. The number of benzene rings is 1. The van der Waals surface area contributed by atoms with Crippen LogP contribution in [0.1, 0.15) is 23.9 Å². The lowest BCUT2D eigenvalue weighted by molar-refractivity contribution is 0.687. The fourth-order valence-electron chi connectivity index (χ4n) is 2.10. The third-order valence-corrected chi connectivity index (χ3v) is 3.46. The Balaban J connectivity index is 1.75. The average Bonchev–Trinajstić information content (AvgIpc) is 3.12. The summed E-state index contributed by atoms with van der Waals surface area (Å²) < 4.78 is 4.00. The molecule has 0 amide bonds. The highest BCUT2D eigenvalue weighted by molar-refractivity contribution is 7.71. The Hall–Kier alpha value is -2.54. The smallest absolute Gasteiger partial charge is 0.216 e. The summed E-state index contributed by atoms with van der Waals surface area (Å²) in [6.07, 6.45) is 6.23. The van der Waals surface area contributed by atoms with E-state index in [-0.39, 0.29) is 0 Å². The Morgan fingerprint density at radius 2 is 2.14 bits per heavy atom. The molecule has 0 radical (unpaired) electrons. The molecule has 1 N–H and O–H groups in total. The predicted octanol–water partition coefficient (Wildman–Crippen LogP) is 2.63. The van der Waals surface area contributed by atoms with Crippen LogP contribution in [-0.4, -0.2) is 30.9 Å². The molecule has 2 heterocycles. The molecule has 0 aliphatic heterocycles. The number of rotatable bonds is 5. The standard InChI is InChI=1S/C15H16N6S/c1-2-14-18-19-15(22)21(14)17-9-13-8-16-20(11-13)10-12-6-4-3-5-7-12/h3-9,11H,2,10H2,1H3,(H,19,22)/b17-9-. The summed E-state index contributed by atoms with van der Waals surface area (Å²) in [4.78, 5) is 0. The van der Waals surface area contributed by atoms with E-state index >= 15 is 0 Å². The molecule has 0 unspecified atom stereocenters. The lowest BCUT2D eigenvalue weighted by atomic mass is 10.2. The van der Waals surface area contributed by atoms with Crippen LogP contribution in [0.15, 0.2) is 47.8 Å². The van der Waals surface area contributed by atoms with Gasteiger partial charge in [0.2, 0.25) is 4.77 Å². The second-order valence-electron chi connectivity index (χ2n) is 4.81. The van der Waals surface area contributed by atoms with Crippen molar-refractivity contribution in [3.8, 4) is 0 Å². The molecule has 0 bridgehead atoms. The normalized spacial score (nSPS) is 11.3. The van der Waals surface area contributed by atoms with Gasteiger partial charge in [0.05, 0.1) is 19.0 Å². The van der Waals surface area contributed by atoms with Crippen LogP contribution < -0.4 is 0 Å². The summed E-state index contributed by atoms with van der Waals surface area (Å²) in [7, 11) is 0. The van der Waals surface area contributed by atoms with Gasteiger partial charge in [-0.1, -0.05) is 37.3 Å². The van der Waals surface area contributed by atoms with E-state index in [1.165, 1.54) is 5.56 Å². The Morgan fingerprint density at radius 1 is 1.32 bits per heavy atom. The van der Waals surface area contributed by atoms with Crippen LogP contribution in [0, 0.1) is 4.77 Å². The maximum Gasteiger partial charge on any atom is 0.216 e. The van der Waals surface area contributed by atoms with E-state index < -0.39 is 0 Å². The minimum Gasteiger partial charge on any atom is -0.268 e. The first-order chi connectivity index (χ1) is 10.8. The molecule has 0 aliphatic rings. The molecule has 0 saturated carbocycles. The SMILES string of the molecule is CCc1n[nH]c(=S)n1/N=C\c1cnn(Cc2ccccc2)c1. The molecule has 0 fully saturated rings. The van der Waals surface area contributed by atoms with E-state index in [2.05, 4.69) is 32.5 Å². The van der Waals surface area contributed by atoms with Crippen LogP contribution in [-0.2, 0) is 13.0 Å². The minimum atomic E-state index is 0.491. The Labute approximate surface area is 133 Å². The van der Waals surface area contributed by atoms with Crippen LogP contribution in [0.3, 0.4) is 0 Å². The number of aromatic amines is 1. The van der Waals surface area contributed by atoms with Crippen LogP contribution in [0.25, 0.3) is 0 Å². The van der Waals surface area contributed by atoms with Crippen molar-refractivity contribution in [2.75, 3.05) is 0 Å². The van der Waals surface area contributed by atoms with Crippen molar-refractivity contribution in [1.82, 2.24) is 24.7 Å². The molecule has 1 aromatic carbocycles. The molecule has 3 rings (SSSR count). The monoisotopic (exact) mass is 312 g/mol. The van der Waals surface area contributed by atoms with Crippen molar-refractivity contribution in [1.29, 1.82) is 0 Å². The van der Waals surface area contributed by atoms with E-state index in [0.29, 0.717) is 4.77 Å². The summed E-state index contributed by atoms with van der Waals surface area (Å²) in [6.45, 7) is 2.74. The Morgan fingerprint density at radius 3 is 2.91 bits per heavy atom. The molecule has 0 atom stereocenters. The first-order valence-electron chi connectivity index (χ1n) is 7.03. The number of aromatic nitrogens is 5. The van der Waals surface area contributed by atoms with E-state index in [9.17, 15) is 0 Å². The van der Waals surface area contributed by atoms with Crippen LogP contribution in [0.5, 0.6) is 0 Å².